The maximum absolute atomic E-state index is 10.7. The van der Waals surface area contributed by atoms with E-state index in [9.17, 15) is 4.79 Å². The van der Waals surface area contributed by atoms with Crippen LogP contribution in [0.2, 0.25) is 0 Å². The second-order valence-electron chi connectivity index (χ2n) is 3.27. The molecule has 0 aromatic carbocycles. The van der Waals surface area contributed by atoms with E-state index in [1.807, 2.05) is 0 Å². The van der Waals surface area contributed by atoms with Crippen molar-refractivity contribution in [2.24, 2.45) is 17.8 Å². The highest BCUT2D eigenvalue weighted by Crippen LogP contribution is 2.47. The van der Waals surface area contributed by atoms with Gasteiger partial charge in [-0.25, -0.2) is 4.79 Å². The van der Waals surface area contributed by atoms with E-state index in [0.717, 1.165) is 13.1 Å². The summed E-state index contributed by atoms with van der Waals surface area (Å²) in [5, 5.41) is 3.27. The van der Waals surface area contributed by atoms with Gasteiger partial charge in [-0.15, -0.1) is 0 Å². The summed E-state index contributed by atoms with van der Waals surface area (Å²) in [5.41, 5.74) is 0. The number of rotatable bonds is 0. The van der Waals surface area contributed by atoms with Gasteiger partial charge < -0.3 is 10.1 Å². The highest BCUT2D eigenvalue weighted by atomic mass is 16.5. The topological polar surface area (TPSA) is 38.3 Å². The van der Waals surface area contributed by atoms with Gasteiger partial charge in [0.15, 0.2) is 0 Å². The van der Waals surface area contributed by atoms with Gasteiger partial charge in [-0.05, 0) is 24.9 Å². The van der Waals surface area contributed by atoms with Gasteiger partial charge in [-0.2, -0.15) is 0 Å². The Morgan fingerprint density at radius 2 is 2.17 bits per heavy atom. The fraction of sp³-hybridized carbons (Fsp3) is 0.667. The van der Waals surface area contributed by atoms with Gasteiger partial charge in [0.25, 0.3) is 0 Å². The Balaban J connectivity index is 1.88. The molecule has 12 heavy (non-hydrogen) atoms. The van der Waals surface area contributed by atoms with E-state index in [4.69, 9.17) is 0 Å². The van der Waals surface area contributed by atoms with Gasteiger partial charge in [0.05, 0.1) is 7.11 Å². The van der Waals surface area contributed by atoms with Crippen LogP contribution in [-0.4, -0.2) is 26.2 Å². The summed E-state index contributed by atoms with van der Waals surface area (Å²) in [5.74, 6) is 6.85. The number of carbonyl (C=O) groups is 1. The Hall–Kier alpha value is -1.01. The number of hydrogen-bond acceptors (Lipinski definition) is 3. The van der Waals surface area contributed by atoms with E-state index in [1.54, 1.807) is 0 Å². The third-order valence-corrected chi connectivity index (χ3v) is 2.62. The average molecular weight is 165 g/mol. The van der Waals surface area contributed by atoms with Crippen LogP contribution in [0.4, 0.5) is 0 Å². The molecule has 2 fully saturated rings. The van der Waals surface area contributed by atoms with Gasteiger partial charge in [-0.1, -0.05) is 5.92 Å². The second kappa shape index (κ2) is 2.80. The fourth-order valence-corrected chi connectivity index (χ4v) is 1.83. The van der Waals surface area contributed by atoms with Crippen molar-refractivity contribution in [3.05, 3.63) is 0 Å². The Morgan fingerprint density at radius 1 is 1.50 bits per heavy atom. The molecule has 1 aliphatic heterocycles. The highest BCUT2D eigenvalue weighted by molar-refractivity contribution is 5.88. The standard InChI is InChI=1S/C9H11NO2/c1-12-9(11)3-2-6-7-4-10-5-8(6)7/h6-8,10H,4-5H2,1H3/t6?,7-,8+. The summed E-state index contributed by atoms with van der Waals surface area (Å²) < 4.78 is 4.42. The molecule has 1 aliphatic carbocycles. The SMILES string of the molecule is COC(=O)C#CC1[C@H]2CNC[C@@H]12. The Labute approximate surface area is 71.5 Å². The lowest BCUT2D eigenvalue weighted by atomic mass is 10.3. The number of nitrogens with one attached hydrogen (secondary N) is 1. The van der Waals surface area contributed by atoms with Gasteiger partial charge in [0.1, 0.15) is 0 Å². The van der Waals surface area contributed by atoms with Crippen molar-refractivity contribution in [2.75, 3.05) is 20.2 Å². The molecule has 3 nitrogen and oxygen atoms in total. The van der Waals surface area contributed by atoms with Crippen LogP contribution >= 0.6 is 0 Å². The molecule has 0 bridgehead atoms. The molecule has 2 rings (SSSR count). The summed E-state index contributed by atoms with van der Waals surface area (Å²) in [7, 11) is 1.35. The molecule has 1 saturated carbocycles. The lowest BCUT2D eigenvalue weighted by Gasteiger charge is -1.94. The molecule has 0 aromatic rings. The van der Waals surface area contributed by atoms with Crippen molar-refractivity contribution in [3.63, 3.8) is 0 Å². The largest absolute Gasteiger partial charge is 0.459 e. The molecular weight excluding hydrogens is 154 g/mol. The molecular formula is C9H11NO2. The zero-order valence-corrected chi connectivity index (χ0v) is 6.96. The first-order chi connectivity index (χ1) is 5.83. The van der Waals surface area contributed by atoms with Crippen LogP contribution < -0.4 is 5.32 Å². The molecule has 2 aliphatic rings. The van der Waals surface area contributed by atoms with Gasteiger partial charge in [0, 0.05) is 11.8 Å². The molecule has 64 valence electrons. The van der Waals surface area contributed by atoms with Crippen molar-refractivity contribution in [2.45, 2.75) is 0 Å². The van der Waals surface area contributed by atoms with E-state index in [-0.39, 0.29) is 0 Å². The van der Waals surface area contributed by atoms with E-state index in [1.165, 1.54) is 7.11 Å². The van der Waals surface area contributed by atoms with Crippen LogP contribution in [0.15, 0.2) is 0 Å². The average Bonchev–Trinajstić information content (AvgIpc) is 2.55. The molecule has 1 saturated heterocycles. The summed E-state index contributed by atoms with van der Waals surface area (Å²) in [4.78, 5) is 10.7. The van der Waals surface area contributed by atoms with Gasteiger partial charge in [0.2, 0.25) is 0 Å². The molecule has 3 atom stereocenters. The number of piperidine rings is 1. The quantitative estimate of drug-likeness (QED) is 0.302. The first-order valence-corrected chi connectivity index (χ1v) is 4.13. The van der Waals surface area contributed by atoms with Gasteiger partial charge >= 0.3 is 5.97 Å². The highest BCUT2D eigenvalue weighted by Gasteiger charge is 2.51. The Morgan fingerprint density at radius 3 is 2.75 bits per heavy atom. The van der Waals surface area contributed by atoms with Crippen molar-refractivity contribution < 1.29 is 9.53 Å². The minimum absolute atomic E-state index is 0.423. The number of hydrogen-bond donors (Lipinski definition) is 1. The fourth-order valence-electron chi connectivity index (χ4n) is 1.83. The number of esters is 1. The van der Waals surface area contributed by atoms with E-state index >= 15 is 0 Å². The zero-order valence-electron chi connectivity index (χ0n) is 6.96. The van der Waals surface area contributed by atoms with Crippen LogP contribution in [-0.2, 0) is 9.53 Å². The lowest BCUT2D eigenvalue weighted by molar-refractivity contribution is -0.133. The van der Waals surface area contributed by atoms with Crippen LogP contribution in [0, 0.1) is 29.6 Å². The molecule has 0 amide bonds. The predicted molar refractivity (Wildman–Crippen MR) is 43.1 cm³/mol. The number of fused-ring (bicyclic) bond motifs is 1. The minimum atomic E-state index is -0.423. The molecule has 1 heterocycles. The van der Waals surface area contributed by atoms with Crippen molar-refractivity contribution in [1.29, 1.82) is 0 Å². The van der Waals surface area contributed by atoms with Crippen LogP contribution in [0.5, 0.6) is 0 Å². The summed E-state index contributed by atoms with van der Waals surface area (Å²) in [6.07, 6.45) is 0. The second-order valence-corrected chi connectivity index (χ2v) is 3.27. The molecule has 0 spiro atoms. The van der Waals surface area contributed by atoms with Crippen molar-refractivity contribution >= 4 is 5.97 Å². The molecule has 1 N–H and O–H groups in total. The zero-order chi connectivity index (χ0) is 8.55. The molecule has 3 heteroatoms. The van der Waals surface area contributed by atoms with E-state index in [0.29, 0.717) is 17.8 Å². The summed E-state index contributed by atoms with van der Waals surface area (Å²) in [6, 6.07) is 0. The maximum atomic E-state index is 10.7. The molecule has 0 aromatic heterocycles. The monoisotopic (exact) mass is 165 g/mol. The van der Waals surface area contributed by atoms with Gasteiger partial charge in [-0.3, -0.25) is 0 Å². The minimum Gasteiger partial charge on any atom is -0.459 e. The predicted octanol–water partition coefficient (Wildman–Crippen LogP) is -0.372. The van der Waals surface area contributed by atoms with Crippen molar-refractivity contribution in [3.8, 4) is 11.8 Å². The molecule has 1 unspecified atom stereocenters. The Kier molecular flexibility index (Phi) is 1.78. The lowest BCUT2D eigenvalue weighted by Crippen LogP contribution is -2.14. The number of carbonyl (C=O) groups excluding carboxylic acids is 1. The van der Waals surface area contributed by atoms with Crippen LogP contribution in [0.3, 0.4) is 0 Å². The smallest absolute Gasteiger partial charge is 0.384 e. The maximum Gasteiger partial charge on any atom is 0.384 e. The first kappa shape index (κ1) is 7.63. The molecule has 0 radical (unpaired) electrons. The summed E-state index contributed by atoms with van der Waals surface area (Å²) >= 11 is 0. The van der Waals surface area contributed by atoms with Crippen LogP contribution in [0.1, 0.15) is 0 Å². The Bertz CT molecular complexity index is 253. The van der Waals surface area contributed by atoms with E-state index in [2.05, 4.69) is 21.9 Å². The van der Waals surface area contributed by atoms with E-state index < -0.39 is 5.97 Å². The third-order valence-electron chi connectivity index (χ3n) is 2.62. The number of ether oxygens (including phenoxy) is 1. The first-order valence-electron chi connectivity index (χ1n) is 4.13. The summed E-state index contributed by atoms with van der Waals surface area (Å²) in [6.45, 7) is 2.12. The van der Waals surface area contributed by atoms with Crippen molar-refractivity contribution in [1.82, 2.24) is 5.32 Å². The van der Waals surface area contributed by atoms with Crippen LogP contribution in [0.25, 0.3) is 0 Å². The third kappa shape index (κ3) is 1.19. The normalized spacial score (nSPS) is 36.2. The number of methoxy groups -OCH3 is 1.